The maximum atomic E-state index is 11.8. The minimum Gasteiger partial charge on any atom is -0.481 e. The standard InChI is InChI=1S/C12H18N2O4/c1-2-13-9-7-10(15)14(12(13)18)8-5-3-4-6-11(16)17/h7,9H,2-6,8H2,1H3,(H,16,17). The number of carboxylic acid groups (broad SMARTS) is 1. The predicted octanol–water partition coefficient (Wildman–Crippen LogP) is 0.675. The second kappa shape index (κ2) is 6.78. The van der Waals surface area contributed by atoms with Crippen LogP contribution < -0.4 is 11.2 Å². The summed E-state index contributed by atoms with van der Waals surface area (Å²) >= 11 is 0. The number of carboxylic acids is 1. The van der Waals surface area contributed by atoms with Crippen molar-refractivity contribution < 1.29 is 9.90 Å². The van der Waals surface area contributed by atoms with Crippen LogP contribution in [-0.2, 0) is 17.9 Å². The molecular formula is C12H18N2O4. The van der Waals surface area contributed by atoms with E-state index in [-0.39, 0.29) is 17.7 Å². The van der Waals surface area contributed by atoms with E-state index < -0.39 is 5.97 Å². The number of aromatic nitrogens is 2. The fourth-order valence-corrected chi connectivity index (χ4v) is 1.73. The Morgan fingerprint density at radius 1 is 1.28 bits per heavy atom. The van der Waals surface area contributed by atoms with Crippen molar-refractivity contribution in [3.63, 3.8) is 0 Å². The molecular weight excluding hydrogens is 236 g/mol. The lowest BCUT2D eigenvalue weighted by molar-refractivity contribution is -0.137. The van der Waals surface area contributed by atoms with E-state index in [1.54, 1.807) is 0 Å². The van der Waals surface area contributed by atoms with Crippen LogP contribution >= 0.6 is 0 Å². The molecule has 18 heavy (non-hydrogen) atoms. The molecule has 0 unspecified atom stereocenters. The van der Waals surface area contributed by atoms with Crippen LogP contribution in [-0.4, -0.2) is 20.2 Å². The molecule has 0 atom stereocenters. The molecule has 0 aromatic carbocycles. The third-order valence-electron chi connectivity index (χ3n) is 2.75. The maximum Gasteiger partial charge on any atom is 0.330 e. The van der Waals surface area contributed by atoms with Gasteiger partial charge in [0.25, 0.3) is 5.56 Å². The van der Waals surface area contributed by atoms with Crippen LogP contribution in [0.5, 0.6) is 0 Å². The van der Waals surface area contributed by atoms with E-state index in [4.69, 9.17) is 5.11 Å². The van der Waals surface area contributed by atoms with Crippen molar-refractivity contribution in [2.45, 2.75) is 45.7 Å². The molecule has 0 fully saturated rings. The minimum atomic E-state index is -0.819. The monoisotopic (exact) mass is 254 g/mol. The summed E-state index contributed by atoms with van der Waals surface area (Å²) < 4.78 is 2.67. The number of rotatable bonds is 7. The second-order valence-electron chi connectivity index (χ2n) is 4.08. The quantitative estimate of drug-likeness (QED) is 0.725. The van der Waals surface area contributed by atoms with Gasteiger partial charge in [-0.1, -0.05) is 6.42 Å². The molecule has 1 heterocycles. The van der Waals surface area contributed by atoms with Gasteiger partial charge < -0.3 is 9.67 Å². The van der Waals surface area contributed by atoms with Gasteiger partial charge in [-0.25, -0.2) is 4.79 Å². The molecule has 0 saturated heterocycles. The highest BCUT2D eigenvalue weighted by molar-refractivity contribution is 5.66. The highest BCUT2D eigenvalue weighted by Gasteiger charge is 2.04. The average Bonchev–Trinajstić information content (AvgIpc) is 2.32. The molecule has 0 aliphatic heterocycles. The van der Waals surface area contributed by atoms with E-state index in [0.717, 1.165) is 0 Å². The van der Waals surface area contributed by atoms with Crippen molar-refractivity contribution in [2.75, 3.05) is 0 Å². The van der Waals surface area contributed by atoms with Gasteiger partial charge in [-0.2, -0.15) is 0 Å². The van der Waals surface area contributed by atoms with Gasteiger partial charge in [-0.05, 0) is 19.8 Å². The van der Waals surface area contributed by atoms with Crippen LogP contribution in [0.2, 0.25) is 0 Å². The van der Waals surface area contributed by atoms with Gasteiger partial charge in [0, 0.05) is 31.8 Å². The number of aliphatic carboxylic acids is 1. The van der Waals surface area contributed by atoms with Gasteiger partial charge in [-0.15, -0.1) is 0 Å². The summed E-state index contributed by atoms with van der Waals surface area (Å²) in [6.07, 6.45) is 3.52. The highest BCUT2D eigenvalue weighted by atomic mass is 16.4. The molecule has 100 valence electrons. The van der Waals surface area contributed by atoms with E-state index in [1.165, 1.54) is 21.4 Å². The molecule has 6 heteroatoms. The molecule has 1 rings (SSSR count). The molecule has 0 bridgehead atoms. The fourth-order valence-electron chi connectivity index (χ4n) is 1.73. The number of hydrogen-bond acceptors (Lipinski definition) is 3. The van der Waals surface area contributed by atoms with Gasteiger partial charge in [0.05, 0.1) is 0 Å². The van der Waals surface area contributed by atoms with Gasteiger partial charge >= 0.3 is 11.7 Å². The van der Waals surface area contributed by atoms with E-state index in [9.17, 15) is 14.4 Å². The lowest BCUT2D eigenvalue weighted by Crippen LogP contribution is -2.38. The number of aryl methyl sites for hydroxylation is 1. The van der Waals surface area contributed by atoms with Crippen molar-refractivity contribution in [3.05, 3.63) is 33.1 Å². The van der Waals surface area contributed by atoms with Crippen LogP contribution in [0.25, 0.3) is 0 Å². The third kappa shape index (κ3) is 3.87. The average molecular weight is 254 g/mol. The second-order valence-corrected chi connectivity index (χ2v) is 4.08. The normalized spacial score (nSPS) is 10.5. The summed E-state index contributed by atoms with van der Waals surface area (Å²) in [6, 6.07) is 1.38. The Hall–Kier alpha value is -1.85. The molecule has 0 aliphatic carbocycles. The molecule has 6 nitrogen and oxygen atoms in total. The number of hydrogen-bond donors (Lipinski definition) is 1. The van der Waals surface area contributed by atoms with E-state index in [0.29, 0.717) is 32.4 Å². The van der Waals surface area contributed by atoms with Gasteiger partial charge in [0.2, 0.25) is 0 Å². The fraction of sp³-hybridized carbons (Fsp3) is 0.583. The molecule has 0 spiro atoms. The number of nitrogens with zero attached hydrogens (tertiary/aromatic N) is 2. The van der Waals surface area contributed by atoms with Crippen molar-refractivity contribution in [3.8, 4) is 0 Å². The molecule has 0 aliphatic rings. The summed E-state index contributed by atoms with van der Waals surface area (Å²) in [5.41, 5.74) is -0.605. The highest BCUT2D eigenvalue weighted by Crippen LogP contribution is 2.00. The lowest BCUT2D eigenvalue weighted by Gasteiger charge is -2.07. The van der Waals surface area contributed by atoms with Gasteiger partial charge in [-0.3, -0.25) is 14.2 Å². The molecule has 0 saturated carbocycles. The zero-order chi connectivity index (χ0) is 13.5. The van der Waals surface area contributed by atoms with Crippen molar-refractivity contribution >= 4 is 5.97 Å². The Balaban J connectivity index is 2.59. The van der Waals surface area contributed by atoms with Crippen molar-refractivity contribution in [2.24, 2.45) is 0 Å². The molecule has 1 aromatic rings. The predicted molar refractivity (Wildman–Crippen MR) is 66.7 cm³/mol. The topological polar surface area (TPSA) is 81.3 Å². The molecule has 1 aromatic heterocycles. The van der Waals surface area contributed by atoms with E-state index in [1.807, 2.05) is 6.92 Å². The van der Waals surface area contributed by atoms with Crippen LogP contribution in [0.15, 0.2) is 21.9 Å². The van der Waals surface area contributed by atoms with Crippen LogP contribution in [0.4, 0.5) is 0 Å². The lowest BCUT2D eigenvalue weighted by atomic mass is 10.2. The zero-order valence-corrected chi connectivity index (χ0v) is 10.5. The summed E-state index contributed by atoms with van der Waals surface area (Å²) in [5, 5.41) is 8.48. The Morgan fingerprint density at radius 2 is 2.00 bits per heavy atom. The third-order valence-corrected chi connectivity index (χ3v) is 2.75. The summed E-state index contributed by atoms with van der Waals surface area (Å²) in [7, 11) is 0. The number of unbranched alkanes of at least 4 members (excludes halogenated alkanes) is 2. The largest absolute Gasteiger partial charge is 0.481 e. The minimum absolute atomic E-state index is 0.128. The van der Waals surface area contributed by atoms with Crippen molar-refractivity contribution in [1.82, 2.24) is 9.13 Å². The van der Waals surface area contributed by atoms with Crippen LogP contribution in [0.1, 0.15) is 32.6 Å². The Bertz CT molecular complexity index is 516. The summed E-state index contributed by atoms with van der Waals surface area (Å²) in [6.45, 7) is 2.71. The van der Waals surface area contributed by atoms with E-state index in [2.05, 4.69) is 0 Å². The number of carbonyl (C=O) groups is 1. The molecule has 1 N–H and O–H groups in total. The Morgan fingerprint density at radius 3 is 2.61 bits per heavy atom. The smallest absolute Gasteiger partial charge is 0.330 e. The van der Waals surface area contributed by atoms with Crippen LogP contribution in [0, 0.1) is 0 Å². The van der Waals surface area contributed by atoms with Gasteiger partial charge in [0.1, 0.15) is 0 Å². The van der Waals surface area contributed by atoms with Gasteiger partial charge in [0.15, 0.2) is 0 Å². The Labute approximate surface area is 104 Å². The van der Waals surface area contributed by atoms with Crippen molar-refractivity contribution in [1.29, 1.82) is 0 Å². The first-order chi connectivity index (χ1) is 8.56. The first kappa shape index (κ1) is 14.2. The first-order valence-electron chi connectivity index (χ1n) is 6.08. The summed E-state index contributed by atoms with van der Waals surface area (Å²) in [4.78, 5) is 33.7. The SMILES string of the molecule is CCn1ccc(=O)n(CCCCCC(=O)O)c1=O. The summed E-state index contributed by atoms with van der Waals surface area (Å²) in [5.74, 6) is -0.819. The molecule has 0 amide bonds. The maximum absolute atomic E-state index is 11.8. The zero-order valence-electron chi connectivity index (χ0n) is 10.5. The molecule has 0 radical (unpaired) electrons. The first-order valence-corrected chi connectivity index (χ1v) is 6.08. The van der Waals surface area contributed by atoms with Crippen LogP contribution in [0.3, 0.4) is 0 Å². The van der Waals surface area contributed by atoms with E-state index >= 15 is 0 Å². The Kier molecular flexibility index (Phi) is 5.35.